The van der Waals surface area contributed by atoms with Crippen LogP contribution in [0.5, 0.6) is 11.5 Å². The van der Waals surface area contributed by atoms with Crippen molar-refractivity contribution < 1.29 is 10.2 Å². The van der Waals surface area contributed by atoms with Gasteiger partial charge >= 0.3 is 0 Å². The van der Waals surface area contributed by atoms with E-state index in [2.05, 4.69) is 5.32 Å². The minimum Gasteiger partial charge on any atom is -0.508 e. The largest absolute Gasteiger partial charge is 0.508 e. The molecule has 3 nitrogen and oxygen atoms in total. The quantitative estimate of drug-likeness (QED) is 0.646. The van der Waals surface area contributed by atoms with E-state index >= 15 is 0 Å². The fourth-order valence-corrected chi connectivity index (χ4v) is 2.13. The number of phenolic OH excluding ortho intramolecular Hbond substituents is 2. The summed E-state index contributed by atoms with van der Waals surface area (Å²) in [4.78, 5) is 0. The third-order valence-electron chi connectivity index (χ3n) is 3.03. The second-order valence-corrected chi connectivity index (χ2v) is 4.21. The molecule has 0 aliphatic carbocycles. The first-order valence-electron chi connectivity index (χ1n) is 5.47. The number of hydrogen-bond acceptors (Lipinski definition) is 3. The molecule has 1 aromatic rings. The van der Waals surface area contributed by atoms with Crippen LogP contribution in [-0.2, 0) is 6.42 Å². The summed E-state index contributed by atoms with van der Waals surface area (Å²) in [5.74, 6) is 1.15. The molecule has 0 amide bonds. The Hall–Kier alpha value is -1.22. The van der Waals surface area contributed by atoms with Crippen LogP contribution in [0.3, 0.4) is 0 Å². The Morgan fingerprint density at radius 2 is 1.93 bits per heavy atom. The van der Waals surface area contributed by atoms with E-state index in [1.165, 1.54) is 6.07 Å². The highest BCUT2D eigenvalue weighted by Gasteiger charge is 2.15. The van der Waals surface area contributed by atoms with Crippen molar-refractivity contribution in [3.8, 4) is 11.5 Å². The summed E-state index contributed by atoms with van der Waals surface area (Å²) in [7, 11) is 0. The van der Waals surface area contributed by atoms with Crippen LogP contribution >= 0.6 is 0 Å². The number of rotatable bonds is 2. The normalized spacial score (nSPS) is 17.9. The van der Waals surface area contributed by atoms with E-state index < -0.39 is 0 Å². The van der Waals surface area contributed by atoms with Gasteiger partial charge in [-0.25, -0.2) is 0 Å². The van der Waals surface area contributed by atoms with E-state index in [-0.39, 0.29) is 5.75 Å². The minimum atomic E-state index is 0.233. The van der Waals surface area contributed by atoms with E-state index in [0.29, 0.717) is 11.7 Å². The number of phenols is 2. The van der Waals surface area contributed by atoms with E-state index in [1.807, 2.05) is 0 Å². The van der Waals surface area contributed by atoms with Gasteiger partial charge in [-0.1, -0.05) is 0 Å². The zero-order chi connectivity index (χ0) is 10.7. The summed E-state index contributed by atoms with van der Waals surface area (Å²) in [6.45, 7) is 2.12. The number of aromatic hydroxyl groups is 2. The topological polar surface area (TPSA) is 52.5 Å². The maximum atomic E-state index is 9.64. The van der Waals surface area contributed by atoms with Crippen LogP contribution in [0.4, 0.5) is 0 Å². The average molecular weight is 207 g/mol. The Morgan fingerprint density at radius 1 is 1.20 bits per heavy atom. The van der Waals surface area contributed by atoms with Gasteiger partial charge in [-0.3, -0.25) is 0 Å². The Labute approximate surface area is 89.8 Å². The lowest BCUT2D eigenvalue weighted by molar-refractivity contribution is 0.365. The van der Waals surface area contributed by atoms with E-state index in [4.69, 9.17) is 0 Å². The molecule has 0 unspecified atom stereocenters. The molecule has 1 aromatic carbocycles. The smallest absolute Gasteiger partial charge is 0.119 e. The molecule has 1 saturated heterocycles. The molecule has 0 saturated carbocycles. The number of hydrogen-bond donors (Lipinski definition) is 3. The minimum absolute atomic E-state index is 0.233. The number of nitrogens with one attached hydrogen (secondary N) is 1. The molecule has 1 aliphatic rings. The molecule has 0 spiro atoms. The summed E-state index contributed by atoms with van der Waals surface area (Å²) < 4.78 is 0. The van der Waals surface area contributed by atoms with Crippen molar-refractivity contribution in [2.24, 2.45) is 5.92 Å². The molecule has 0 radical (unpaired) electrons. The van der Waals surface area contributed by atoms with Crippen molar-refractivity contribution in [2.45, 2.75) is 19.3 Å². The first-order chi connectivity index (χ1) is 7.25. The van der Waals surface area contributed by atoms with Crippen molar-refractivity contribution in [1.82, 2.24) is 5.32 Å². The van der Waals surface area contributed by atoms with Crippen molar-refractivity contribution in [2.75, 3.05) is 13.1 Å². The highest BCUT2D eigenvalue weighted by atomic mass is 16.3. The molecule has 3 heteroatoms. The van der Waals surface area contributed by atoms with Crippen molar-refractivity contribution in [3.05, 3.63) is 23.8 Å². The summed E-state index contributed by atoms with van der Waals surface area (Å²) >= 11 is 0. The Balaban J connectivity index is 2.05. The lowest BCUT2D eigenvalue weighted by atomic mass is 9.90. The van der Waals surface area contributed by atoms with Crippen LogP contribution < -0.4 is 5.32 Å². The maximum absolute atomic E-state index is 9.64. The van der Waals surface area contributed by atoms with Crippen molar-refractivity contribution >= 4 is 0 Å². The van der Waals surface area contributed by atoms with Gasteiger partial charge in [0.1, 0.15) is 11.5 Å². The van der Waals surface area contributed by atoms with Crippen molar-refractivity contribution in [3.63, 3.8) is 0 Å². The van der Waals surface area contributed by atoms with Gasteiger partial charge in [-0.2, -0.15) is 0 Å². The average Bonchev–Trinajstić information content (AvgIpc) is 2.25. The molecule has 82 valence electrons. The lowest BCUT2D eigenvalue weighted by Gasteiger charge is -2.22. The van der Waals surface area contributed by atoms with E-state index in [1.54, 1.807) is 12.1 Å². The highest BCUT2D eigenvalue weighted by molar-refractivity contribution is 5.38. The van der Waals surface area contributed by atoms with Crippen LogP contribution in [0, 0.1) is 5.92 Å². The molecule has 2 rings (SSSR count). The van der Waals surface area contributed by atoms with E-state index in [9.17, 15) is 10.2 Å². The van der Waals surface area contributed by atoms with E-state index in [0.717, 1.165) is 37.9 Å². The molecule has 1 fully saturated rings. The zero-order valence-corrected chi connectivity index (χ0v) is 8.74. The Morgan fingerprint density at radius 3 is 2.67 bits per heavy atom. The second-order valence-electron chi connectivity index (χ2n) is 4.21. The van der Waals surface area contributed by atoms with Gasteiger partial charge in [0.05, 0.1) is 0 Å². The summed E-state index contributed by atoms with van der Waals surface area (Å²) in [6, 6.07) is 4.74. The van der Waals surface area contributed by atoms with Gasteiger partial charge in [0.25, 0.3) is 0 Å². The SMILES string of the molecule is Oc1ccc(O)c(CC2CCNCC2)c1. The van der Waals surface area contributed by atoms with Gasteiger partial charge < -0.3 is 15.5 Å². The molecule has 0 atom stereocenters. The van der Waals surface area contributed by atoms with Crippen LogP contribution in [0.25, 0.3) is 0 Å². The monoisotopic (exact) mass is 207 g/mol. The van der Waals surface area contributed by atoms with Gasteiger partial charge in [0, 0.05) is 0 Å². The zero-order valence-electron chi connectivity index (χ0n) is 8.74. The molecule has 0 aromatic heterocycles. The molecular weight excluding hydrogens is 190 g/mol. The standard InChI is InChI=1S/C12H17NO2/c14-11-1-2-12(15)10(8-11)7-9-3-5-13-6-4-9/h1-2,8-9,13-15H,3-7H2. The van der Waals surface area contributed by atoms with Gasteiger partial charge in [0.2, 0.25) is 0 Å². The third-order valence-corrected chi connectivity index (χ3v) is 3.03. The summed E-state index contributed by atoms with van der Waals surface area (Å²) in [5, 5.41) is 22.3. The summed E-state index contributed by atoms with van der Waals surface area (Å²) in [6.07, 6.45) is 3.16. The van der Waals surface area contributed by atoms with Gasteiger partial charge in [-0.05, 0) is 62.0 Å². The predicted molar refractivity (Wildman–Crippen MR) is 59.1 cm³/mol. The lowest BCUT2D eigenvalue weighted by Crippen LogP contribution is -2.28. The van der Waals surface area contributed by atoms with Crippen LogP contribution in [0.1, 0.15) is 18.4 Å². The van der Waals surface area contributed by atoms with Crippen LogP contribution in [-0.4, -0.2) is 23.3 Å². The fraction of sp³-hybridized carbons (Fsp3) is 0.500. The first-order valence-corrected chi connectivity index (χ1v) is 5.47. The molecule has 15 heavy (non-hydrogen) atoms. The molecular formula is C12H17NO2. The van der Waals surface area contributed by atoms with Crippen molar-refractivity contribution in [1.29, 1.82) is 0 Å². The molecule has 3 N–H and O–H groups in total. The maximum Gasteiger partial charge on any atom is 0.119 e. The second kappa shape index (κ2) is 4.53. The number of piperidine rings is 1. The summed E-state index contributed by atoms with van der Waals surface area (Å²) in [5.41, 5.74) is 0.863. The van der Waals surface area contributed by atoms with Crippen LogP contribution in [0.15, 0.2) is 18.2 Å². The Bertz CT molecular complexity index is 332. The fourth-order valence-electron chi connectivity index (χ4n) is 2.13. The number of benzene rings is 1. The first kappa shape index (κ1) is 10.3. The van der Waals surface area contributed by atoms with Gasteiger partial charge in [-0.15, -0.1) is 0 Å². The van der Waals surface area contributed by atoms with Crippen LogP contribution in [0.2, 0.25) is 0 Å². The molecule has 1 aliphatic heterocycles. The van der Waals surface area contributed by atoms with Gasteiger partial charge in [0.15, 0.2) is 0 Å². The molecule has 1 heterocycles. The highest BCUT2D eigenvalue weighted by Crippen LogP contribution is 2.27. The molecule has 0 bridgehead atoms. The Kier molecular flexibility index (Phi) is 3.11. The third kappa shape index (κ3) is 2.63. The predicted octanol–water partition coefficient (Wildman–Crippen LogP) is 1.64.